The number of pyridine rings is 1. The van der Waals surface area contributed by atoms with E-state index in [1.54, 1.807) is 0 Å². The Bertz CT molecular complexity index is 595. The summed E-state index contributed by atoms with van der Waals surface area (Å²) in [5.74, 6) is -5.51. The van der Waals surface area contributed by atoms with Crippen LogP contribution in [-0.4, -0.2) is 70.6 Å². The van der Waals surface area contributed by atoms with Crippen molar-refractivity contribution in [3.63, 3.8) is 0 Å². The molecule has 2 rings (SSSR count). The number of carbonyl (C=O) groups is 2. The third-order valence-electron chi connectivity index (χ3n) is 2.89. The molecule has 1 aliphatic heterocycles. The van der Waals surface area contributed by atoms with Crippen LogP contribution in [0.3, 0.4) is 0 Å². The molecule has 3 N–H and O–H groups in total. The van der Waals surface area contributed by atoms with Crippen LogP contribution in [0.1, 0.15) is 5.56 Å². The van der Waals surface area contributed by atoms with Crippen LogP contribution in [0.5, 0.6) is 0 Å². The molecule has 1 aromatic rings. The number of alkyl halides is 6. The first-order valence-electron chi connectivity index (χ1n) is 7.37. The Balaban J connectivity index is 0.000000444. The summed E-state index contributed by atoms with van der Waals surface area (Å²) < 4.78 is 63.5. The molecule has 0 amide bonds. The fourth-order valence-electron chi connectivity index (χ4n) is 1.63. The zero-order chi connectivity index (χ0) is 22.0. The van der Waals surface area contributed by atoms with E-state index in [1.165, 1.54) is 5.56 Å². The summed E-state index contributed by atoms with van der Waals surface area (Å²) in [6, 6.07) is 3.89. The molecule has 0 aliphatic carbocycles. The van der Waals surface area contributed by atoms with Crippen LogP contribution in [0.25, 0.3) is 0 Å². The van der Waals surface area contributed by atoms with Crippen molar-refractivity contribution in [1.82, 2.24) is 15.2 Å². The molecule has 2 heterocycles. The van der Waals surface area contributed by atoms with Gasteiger partial charge in [0.2, 0.25) is 0 Å². The molecule has 28 heavy (non-hydrogen) atoms. The SMILES string of the molecule is Clc1ccc(CN2CCNCC2)cn1.O=C(O)C(F)(F)F.O=C(O)C(F)(F)F. The van der Waals surface area contributed by atoms with Crippen LogP contribution < -0.4 is 5.32 Å². The number of hydrogen-bond donors (Lipinski definition) is 3. The number of halogens is 7. The van der Waals surface area contributed by atoms with E-state index >= 15 is 0 Å². The first-order chi connectivity index (χ1) is 12.7. The van der Waals surface area contributed by atoms with Gasteiger partial charge in [0, 0.05) is 38.9 Å². The highest BCUT2D eigenvalue weighted by Crippen LogP contribution is 2.13. The first-order valence-corrected chi connectivity index (χ1v) is 7.75. The molecule has 0 saturated carbocycles. The quantitative estimate of drug-likeness (QED) is 0.480. The van der Waals surface area contributed by atoms with Crippen molar-refractivity contribution in [2.24, 2.45) is 0 Å². The first kappa shape index (κ1) is 25.9. The molecule has 7 nitrogen and oxygen atoms in total. The van der Waals surface area contributed by atoms with Gasteiger partial charge in [0.15, 0.2) is 0 Å². The van der Waals surface area contributed by atoms with Gasteiger partial charge in [-0.05, 0) is 11.6 Å². The van der Waals surface area contributed by atoms with E-state index in [0.29, 0.717) is 5.15 Å². The van der Waals surface area contributed by atoms with Gasteiger partial charge >= 0.3 is 24.3 Å². The number of rotatable bonds is 2. The van der Waals surface area contributed by atoms with Crippen LogP contribution in [0.4, 0.5) is 26.3 Å². The van der Waals surface area contributed by atoms with Gasteiger partial charge < -0.3 is 15.5 Å². The van der Waals surface area contributed by atoms with E-state index in [-0.39, 0.29) is 0 Å². The number of hydrogen-bond acceptors (Lipinski definition) is 5. The summed E-state index contributed by atoms with van der Waals surface area (Å²) >= 11 is 5.72. The Morgan fingerprint density at radius 3 is 1.79 bits per heavy atom. The molecule has 1 fully saturated rings. The molecule has 14 heteroatoms. The summed E-state index contributed by atoms with van der Waals surface area (Å²) in [6.07, 6.45) is -8.32. The zero-order valence-corrected chi connectivity index (χ0v) is 14.8. The van der Waals surface area contributed by atoms with Gasteiger partial charge in [0.25, 0.3) is 0 Å². The van der Waals surface area contributed by atoms with Gasteiger partial charge in [-0.3, -0.25) is 4.90 Å². The summed E-state index contributed by atoms with van der Waals surface area (Å²) in [7, 11) is 0. The maximum Gasteiger partial charge on any atom is 0.490 e. The van der Waals surface area contributed by atoms with E-state index in [4.69, 9.17) is 31.4 Å². The summed E-state index contributed by atoms with van der Waals surface area (Å²) in [5.41, 5.74) is 1.23. The molecule has 0 aromatic carbocycles. The maximum absolute atomic E-state index is 10.6. The topological polar surface area (TPSA) is 103 Å². The molecular weight excluding hydrogens is 424 g/mol. The minimum Gasteiger partial charge on any atom is -0.475 e. The van der Waals surface area contributed by atoms with Crippen LogP contribution in [0.15, 0.2) is 18.3 Å². The molecule has 1 aromatic heterocycles. The van der Waals surface area contributed by atoms with Crippen LogP contribution in [-0.2, 0) is 16.1 Å². The number of aliphatic carboxylic acids is 2. The Morgan fingerprint density at radius 1 is 1.04 bits per heavy atom. The van der Waals surface area contributed by atoms with Crippen LogP contribution in [0, 0.1) is 0 Å². The molecule has 160 valence electrons. The molecule has 0 radical (unpaired) electrons. The fourth-order valence-corrected chi connectivity index (χ4v) is 1.74. The van der Waals surface area contributed by atoms with Gasteiger partial charge in [-0.25, -0.2) is 14.6 Å². The summed E-state index contributed by atoms with van der Waals surface area (Å²) in [4.78, 5) is 24.3. The number of nitrogens with one attached hydrogen (secondary N) is 1. The lowest BCUT2D eigenvalue weighted by atomic mass is 10.2. The van der Waals surface area contributed by atoms with E-state index < -0.39 is 24.3 Å². The summed E-state index contributed by atoms with van der Waals surface area (Å²) in [6.45, 7) is 5.37. The lowest BCUT2D eigenvalue weighted by Gasteiger charge is -2.26. The highest BCUT2D eigenvalue weighted by Gasteiger charge is 2.38. The third-order valence-corrected chi connectivity index (χ3v) is 3.11. The predicted molar refractivity (Wildman–Crippen MR) is 84.8 cm³/mol. The monoisotopic (exact) mass is 439 g/mol. The number of nitrogens with zero attached hydrogens (tertiary/aromatic N) is 2. The van der Waals surface area contributed by atoms with Gasteiger partial charge in [-0.2, -0.15) is 26.3 Å². The van der Waals surface area contributed by atoms with Crippen molar-refractivity contribution < 1.29 is 46.1 Å². The number of carboxylic acids is 2. The van der Waals surface area contributed by atoms with Crippen molar-refractivity contribution in [3.05, 3.63) is 29.0 Å². The second-order valence-electron chi connectivity index (χ2n) is 5.12. The molecule has 0 atom stereocenters. The fraction of sp³-hybridized carbons (Fsp3) is 0.500. The second-order valence-corrected chi connectivity index (χ2v) is 5.51. The zero-order valence-electron chi connectivity index (χ0n) is 14.0. The van der Waals surface area contributed by atoms with Gasteiger partial charge in [0.1, 0.15) is 5.15 Å². The minimum absolute atomic E-state index is 0.564. The lowest BCUT2D eigenvalue weighted by molar-refractivity contribution is -0.193. The van der Waals surface area contributed by atoms with Crippen molar-refractivity contribution in [3.8, 4) is 0 Å². The van der Waals surface area contributed by atoms with Crippen molar-refractivity contribution in [2.45, 2.75) is 18.9 Å². The summed E-state index contributed by atoms with van der Waals surface area (Å²) in [5, 5.41) is 18.1. The van der Waals surface area contributed by atoms with E-state index in [1.807, 2.05) is 18.3 Å². The van der Waals surface area contributed by atoms with Gasteiger partial charge in [-0.1, -0.05) is 17.7 Å². The van der Waals surface area contributed by atoms with E-state index in [9.17, 15) is 26.3 Å². The van der Waals surface area contributed by atoms with Gasteiger partial charge in [0.05, 0.1) is 0 Å². The molecule has 1 aliphatic rings. The Kier molecular flexibility index (Phi) is 10.8. The molecule has 1 saturated heterocycles. The average Bonchev–Trinajstić information content (AvgIpc) is 2.57. The number of piperazine rings is 1. The second kappa shape index (κ2) is 11.7. The van der Waals surface area contributed by atoms with Crippen LogP contribution in [0.2, 0.25) is 5.15 Å². The van der Waals surface area contributed by atoms with Crippen molar-refractivity contribution in [2.75, 3.05) is 26.2 Å². The molecular formula is C14H16ClF6N3O4. The maximum atomic E-state index is 10.6. The third kappa shape index (κ3) is 12.3. The van der Waals surface area contributed by atoms with E-state index in [0.717, 1.165) is 32.7 Å². The van der Waals surface area contributed by atoms with Crippen molar-refractivity contribution in [1.29, 1.82) is 0 Å². The molecule has 0 spiro atoms. The Hall–Kier alpha value is -2.12. The number of carboxylic acid groups (broad SMARTS) is 2. The van der Waals surface area contributed by atoms with E-state index in [2.05, 4.69) is 15.2 Å². The highest BCUT2D eigenvalue weighted by atomic mass is 35.5. The lowest BCUT2D eigenvalue weighted by Crippen LogP contribution is -2.42. The predicted octanol–water partition coefficient (Wildman–Crippen LogP) is 2.41. The smallest absolute Gasteiger partial charge is 0.475 e. The highest BCUT2D eigenvalue weighted by molar-refractivity contribution is 6.29. The van der Waals surface area contributed by atoms with Gasteiger partial charge in [-0.15, -0.1) is 0 Å². The number of aromatic nitrogens is 1. The largest absolute Gasteiger partial charge is 0.490 e. The Labute approximate surface area is 159 Å². The van der Waals surface area contributed by atoms with Crippen molar-refractivity contribution >= 4 is 23.5 Å². The molecule has 0 unspecified atom stereocenters. The standard InChI is InChI=1S/C10H14ClN3.2C2HF3O2/c11-10-2-1-9(7-13-10)8-14-5-3-12-4-6-14;2*3-2(4,5)1(6)7/h1-2,7,12H,3-6,8H2;2*(H,6,7). The van der Waals surface area contributed by atoms with Crippen LogP contribution >= 0.6 is 11.6 Å². The Morgan fingerprint density at radius 2 is 1.46 bits per heavy atom. The molecule has 0 bridgehead atoms. The minimum atomic E-state index is -5.08. The normalized spacial score (nSPS) is 14.8. The average molecular weight is 440 g/mol.